The van der Waals surface area contributed by atoms with Crippen molar-refractivity contribution in [1.29, 1.82) is 0 Å². The van der Waals surface area contributed by atoms with Crippen LogP contribution in [0.2, 0.25) is 0 Å². The quantitative estimate of drug-likeness (QED) is 0.527. The van der Waals surface area contributed by atoms with Crippen LogP contribution in [0.25, 0.3) is 0 Å². The van der Waals surface area contributed by atoms with Gasteiger partial charge in [-0.25, -0.2) is 0 Å². The normalized spacial score (nSPS) is 10.5. The summed E-state index contributed by atoms with van der Waals surface area (Å²) in [6, 6.07) is 0. The Kier molecular flexibility index (Phi) is 4.89. The molecule has 0 aliphatic heterocycles. The lowest BCUT2D eigenvalue weighted by atomic mass is 10.7. The monoisotopic (exact) mass is 121 g/mol. The molecule has 0 aromatic carbocycles. The highest BCUT2D eigenvalue weighted by Crippen LogP contribution is 1.78. The lowest BCUT2D eigenvalue weighted by molar-refractivity contribution is -0.328. The molecule has 0 aliphatic rings. The van der Waals surface area contributed by atoms with Crippen LogP contribution >= 0.6 is 0 Å². The minimum Gasteiger partial charge on any atom is -0.383 e. The van der Waals surface area contributed by atoms with E-state index in [0.29, 0.717) is 18.4 Å². The van der Waals surface area contributed by atoms with Gasteiger partial charge in [-0.1, -0.05) is 5.23 Å². The predicted molar refractivity (Wildman–Crippen MR) is 27.4 cm³/mol. The van der Waals surface area contributed by atoms with Gasteiger partial charge in [-0.3, -0.25) is 10.0 Å². The Balaban J connectivity index is 2.86. The smallest absolute Gasteiger partial charge is 0.0749 e. The molecule has 0 spiro atoms. The molecule has 50 valence electrons. The van der Waals surface area contributed by atoms with Gasteiger partial charge in [-0.2, -0.15) is 0 Å². The van der Waals surface area contributed by atoms with E-state index in [0.717, 1.165) is 0 Å². The molecule has 1 N–H and O–H groups in total. The van der Waals surface area contributed by atoms with Crippen molar-refractivity contribution < 1.29 is 14.8 Å². The Morgan fingerprint density at radius 1 is 1.50 bits per heavy atom. The average molecular weight is 121 g/mol. The largest absolute Gasteiger partial charge is 0.383 e. The fraction of sp³-hybridized carbons (Fsp3) is 1.00. The minimum absolute atomic E-state index is 0.368. The van der Waals surface area contributed by atoms with Crippen molar-refractivity contribution in [2.45, 2.75) is 0 Å². The van der Waals surface area contributed by atoms with Crippen molar-refractivity contribution in [3.63, 3.8) is 0 Å². The first-order chi connectivity index (χ1) is 3.81. The number of ether oxygens (including phenoxy) is 1. The summed E-state index contributed by atoms with van der Waals surface area (Å²) in [5.74, 6) is 0. The maximum absolute atomic E-state index is 8.52. The zero-order valence-electron chi connectivity index (χ0n) is 5.13. The zero-order chi connectivity index (χ0) is 6.41. The van der Waals surface area contributed by atoms with Crippen molar-refractivity contribution >= 4 is 0 Å². The van der Waals surface area contributed by atoms with E-state index in [1.807, 2.05) is 0 Å². The van der Waals surface area contributed by atoms with E-state index < -0.39 is 0 Å². The highest BCUT2D eigenvalue weighted by molar-refractivity contribution is 4.25. The van der Waals surface area contributed by atoms with Crippen LogP contribution < -0.4 is 0 Å². The molecule has 0 saturated heterocycles. The lowest BCUT2D eigenvalue weighted by Crippen LogP contribution is -2.21. The van der Waals surface area contributed by atoms with Crippen LogP contribution in [0.15, 0.2) is 0 Å². The fourth-order valence-corrected chi connectivity index (χ4v) is 0.261. The number of methoxy groups -OCH3 is 1. The molecule has 0 radical (unpaired) electrons. The molecule has 0 fully saturated rings. The van der Waals surface area contributed by atoms with Gasteiger partial charge >= 0.3 is 0 Å². The van der Waals surface area contributed by atoms with E-state index in [4.69, 9.17) is 5.21 Å². The van der Waals surface area contributed by atoms with Crippen molar-refractivity contribution in [2.24, 2.45) is 0 Å². The van der Waals surface area contributed by atoms with Crippen LogP contribution in [0.1, 0.15) is 0 Å². The second-order valence-electron chi connectivity index (χ2n) is 1.25. The summed E-state index contributed by atoms with van der Waals surface area (Å²) in [6.45, 7) is 0.831. The Labute approximate surface area is 48.5 Å². The maximum atomic E-state index is 8.52. The molecule has 0 atom stereocenters. The minimum atomic E-state index is 0.368. The SMILES string of the molecule is COCCN(O)OC. The average Bonchev–Trinajstić information content (AvgIpc) is 1.83. The summed E-state index contributed by atoms with van der Waals surface area (Å²) < 4.78 is 4.63. The van der Waals surface area contributed by atoms with Crippen molar-refractivity contribution in [2.75, 3.05) is 27.4 Å². The Morgan fingerprint density at radius 2 is 2.12 bits per heavy atom. The third-order valence-corrected chi connectivity index (χ3v) is 0.697. The highest BCUT2D eigenvalue weighted by Gasteiger charge is 1.92. The molecule has 0 amide bonds. The van der Waals surface area contributed by atoms with E-state index in [2.05, 4.69) is 9.57 Å². The molecule has 0 aromatic heterocycles. The summed E-state index contributed by atoms with van der Waals surface area (Å²) in [4.78, 5) is 4.36. The van der Waals surface area contributed by atoms with Gasteiger partial charge in [0.15, 0.2) is 0 Å². The maximum Gasteiger partial charge on any atom is 0.0749 e. The molecule has 0 unspecified atom stereocenters. The van der Waals surface area contributed by atoms with Crippen LogP contribution in [0.3, 0.4) is 0 Å². The lowest BCUT2D eigenvalue weighted by Gasteiger charge is -2.08. The second kappa shape index (κ2) is 4.99. The second-order valence-corrected chi connectivity index (χ2v) is 1.25. The van der Waals surface area contributed by atoms with Gasteiger partial charge in [-0.05, 0) is 0 Å². The first-order valence-corrected chi connectivity index (χ1v) is 2.30. The summed E-state index contributed by atoms with van der Waals surface area (Å²) >= 11 is 0. The summed E-state index contributed by atoms with van der Waals surface area (Å²) in [6.07, 6.45) is 0. The van der Waals surface area contributed by atoms with Crippen LogP contribution in [0.4, 0.5) is 0 Å². The van der Waals surface area contributed by atoms with Crippen LogP contribution in [0, 0.1) is 0 Å². The van der Waals surface area contributed by atoms with Gasteiger partial charge in [0.05, 0.1) is 20.3 Å². The Hall–Kier alpha value is -0.160. The summed E-state index contributed by atoms with van der Waals surface area (Å²) in [7, 11) is 2.94. The van der Waals surface area contributed by atoms with E-state index in [-0.39, 0.29) is 0 Å². The molecular formula is C4H11NO3. The first-order valence-electron chi connectivity index (χ1n) is 2.30. The molecular weight excluding hydrogens is 110 g/mol. The van der Waals surface area contributed by atoms with Gasteiger partial charge < -0.3 is 4.74 Å². The molecule has 0 saturated carbocycles. The Bertz CT molecular complexity index is 50.5. The number of hydroxylamine groups is 2. The topological polar surface area (TPSA) is 41.9 Å². The van der Waals surface area contributed by atoms with Crippen LogP contribution in [0.5, 0.6) is 0 Å². The standard InChI is InChI=1S/C4H11NO3/c1-7-4-3-5(6)8-2/h6H,3-4H2,1-2H3. The number of hydrogen-bond acceptors (Lipinski definition) is 4. The molecule has 4 nitrogen and oxygen atoms in total. The predicted octanol–water partition coefficient (Wildman–Crippen LogP) is -0.115. The molecule has 4 heteroatoms. The van der Waals surface area contributed by atoms with Crippen LogP contribution in [-0.2, 0) is 9.57 Å². The third kappa shape index (κ3) is 4.01. The van der Waals surface area contributed by atoms with E-state index in [9.17, 15) is 0 Å². The molecule has 0 heterocycles. The highest BCUT2D eigenvalue weighted by atomic mass is 16.9. The third-order valence-electron chi connectivity index (χ3n) is 0.697. The fourth-order valence-electron chi connectivity index (χ4n) is 0.261. The number of hydrogen-bond donors (Lipinski definition) is 1. The van der Waals surface area contributed by atoms with Gasteiger partial charge in [0.25, 0.3) is 0 Å². The van der Waals surface area contributed by atoms with Gasteiger partial charge in [0.1, 0.15) is 0 Å². The van der Waals surface area contributed by atoms with E-state index in [1.165, 1.54) is 7.11 Å². The summed E-state index contributed by atoms with van der Waals surface area (Å²) in [5, 5.41) is 9.23. The first kappa shape index (κ1) is 7.84. The molecule has 0 aromatic rings. The summed E-state index contributed by atoms with van der Waals surface area (Å²) in [5.41, 5.74) is 0. The molecule has 0 aliphatic carbocycles. The van der Waals surface area contributed by atoms with Crippen molar-refractivity contribution in [3.8, 4) is 0 Å². The van der Waals surface area contributed by atoms with Gasteiger partial charge in [-0.15, -0.1) is 0 Å². The number of nitrogens with zero attached hydrogens (tertiary/aromatic N) is 1. The molecule has 0 rings (SSSR count). The number of rotatable bonds is 4. The van der Waals surface area contributed by atoms with Crippen LogP contribution in [-0.4, -0.2) is 37.8 Å². The van der Waals surface area contributed by atoms with E-state index >= 15 is 0 Å². The van der Waals surface area contributed by atoms with Gasteiger partial charge in [0, 0.05) is 7.11 Å². The zero-order valence-corrected chi connectivity index (χ0v) is 5.13. The van der Waals surface area contributed by atoms with Crippen molar-refractivity contribution in [1.82, 2.24) is 5.23 Å². The molecule has 0 bridgehead atoms. The Morgan fingerprint density at radius 3 is 2.50 bits per heavy atom. The van der Waals surface area contributed by atoms with Gasteiger partial charge in [0.2, 0.25) is 0 Å². The van der Waals surface area contributed by atoms with E-state index in [1.54, 1.807) is 7.11 Å². The van der Waals surface area contributed by atoms with Crippen molar-refractivity contribution in [3.05, 3.63) is 0 Å². The molecule has 8 heavy (non-hydrogen) atoms.